The van der Waals surface area contributed by atoms with E-state index < -0.39 is 29.5 Å². The van der Waals surface area contributed by atoms with E-state index in [1.807, 2.05) is 0 Å². The van der Waals surface area contributed by atoms with Crippen molar-refractivity contribution in [3.8, 4) is 0 Å². The van der Waals surface area contributed by atoms with Crippen molar-refractivity contribution >= 4 is 29.6 Å². The van der Waals surface area contributed by atoms with Crippen molar-refractivity contribution in [1.82, 2.24) is 16.0 Å². The Morgan fingerprint density at radius 3 is 2.26 bits per heavy atom. The Labute approximate surface area is 206 Å². The fourth-order valence-corrected chi connectivity index (χ4v) is 3.86. The number of benzene rings is 2. The molecule has 0 aliphatic heterocycles. The van der Waals surface area contributed by atoms with E-state index in [9.17, 15) is 22.8 Å². The molecule has 0 atom stereocenters. The molecule has 0 unspecified atom stereocenters. The molecule has 2 amide bonds. The van der Waals surface area contributed by atoms with Crippen LogP contribution in [-0.2, 0) is 11.3 Å². The van der Waals surface area contributed by atoms with Gasteiger partial charge in [-0.3, -0.25) is 10.1 Å². The highest BCUT2D eigenvalue weighted by molar-refractivity contribution is 6.30. The lowest BCUT2D eigenvalue weighted by Gasteiger charge is -2.30. The number of aliphatic imine (C=N–C) groups is 1. The fraction of sp³-hybridized carbons (Fsp3) is 0.375. The van der Waals surface area contributed by atoms with Crippen LogP contribution in [0.5, 0.6) is 0 Å². The minimum atomic E-state index is -1.14. The average Bonchev–Trinajstić information content (AvgIpc) is 2.82. The van der Waals surface area contributed by atoms with E-state index in [4.69, 9.17) is 16.3 Å². The van der Waals surface area contributed by atoms with Gasteiger partial charge >= 0.3 is 6.09 Å². The largest absolute Gasteiger partial charge is 0.450 e. The number of amides is 2. The molecule has 11 heteroatoms. The van der Waals surface area contributed by atoms with Gasteiger partial charge in [0, 0.05) is 17.6 Å². The number of carbonyl (C=O) groups is 2. The number of alkyl carbamates (subject to hydrolysis) is 1. The van der Waals surface area contributed by atoms with Gasteiger partial charge in [0.05, 0.1) is 18.2 Å². The van der Waals surface area contributed by atoms with Crippen molar-refractivity contribution in [3.63, 3.8) is 0 Å². The Morgan fingerprint density at radius 1 is 0.971 bits per heavy atom. The van der Waals surface area contributed by atoms with Gasteiger partial charge in [-0.15, -0.1) is 0 Å². The van der Waals surface area contributed by atoms with Crippen LogP contribution < -0.4 is 16.0 Å². The lowest BCUT2D eigenvalue weighted by Crippen LogP contribution is -2.49. The van der Waals surface area contributed by atoms with Gasteiger partial charge < -0.3 is 15.4 Å². The molecule has 2 aromatic rings. The maximum absolute atomic E-state index is 13.6. The number of hydrogen-bond donors (Lipinski definition) is 3. The SMILES string of the molecule is CCOC(=O)NC1CCC(NC(=NCc2ccc(F)c(Cl)c2)NC(=O)c2ccc(F)c(F)c2)CC1. The number of guanidine groups is 1. The molecule has 1 fully saturated rings. The van der Waals surface area contributed by atoms with Crippen LogP contribution in [0.3, 0.4) is 0 Å². The predicted molar refractivity (Wildman–Crippen MR) is 126 cm³/mol. The predicted octanol–water partition coefficient (Wildman–Crippen LogP) is 4.69. The maximum Gasteiger partial charge on any atom is 0.407 e. The van der Waals surface area contributed by atoms with Crippen LogP contribution in [0.25, 0.3) is 0 Å². The van der Waals surface area contributed by atoms with Gasteiger partial charge in [-0.2, -0.15) is 0 Å². The zero-order chi connectivity index (χ0) is 25.4. The van der Waals surface area contributed by atoms with Gasteiger partial charge in [0.25, 0.3) is 5.91 Å². The number of halogens is 4. The smallest absolute Gasteiger partial charge is 0.407 e. The third kappa shape index (κ3) is 7.88. The first-order valence-electron chi connectivity index (χ1n) is 11.2. The minimum Gasteiger partial charge on any atom is -0.450 e. The summed E-state index contributed by atoms with van der Waals surface area (Å²) in [4.78, 5) is 28.7. The van der Waals surface area contributed by atoms with Crippen LogP contribution >= 0.6 is 11.6 Å². The number of carbonyl (C=O) groups excluding carboxylic acids is 2. The number of rotatable bonds is 6. The molecule has 0 bridgehead atoms. The molecule has 2 aromatic carbocycles. The molecule has 3 rings (SSSR count). The summed E-state index contributed by atoms with van der Waals surface area (Å²) in [5.74, 6) is -3.31. The first-order valence-corrected chi connectivity index (χ1v) is 11.6. The Bertz CT molecular complexity index is 1090. The summed E-state index contributed by atoms with van der Waals surface area (Å²) in [5.41, 5.74) is 0.533. The van der Waals surface area contributed by atoms with Gasteiger partial charge in [-0.05, 0) is 68.5 Å². The molecule has 0 saturated heterocycles. The highest BCUT2D eigenvalue weighted by atomic mass is 35.5. The third-order valence-electron chi connectivity index (χ3n) is 5.48. The minimum absolute atomic E-state index is 0.0226. The highest BCUT2D eigenvalue weighted by Gasteiger charge is 2.24. The van der Waals surface area contributed by atoms with Crippen LogP contribution in [0.1, 0.15) is 48.5 Å². The number of hydrogen-bond acceptors (Lipinski definition) is 4. The highest BCUT2D eigenvalue weighted by Crippen LogP contribution is 2.20. The van der Waals surface area contributed by atoms with Crippen molar-refractivity contribution in [1.29, 1.82) is 0 Å². The van der Waals surface area contributed by atoms with Crippen molar-refractivity contribution in [2.45, 2.75) is 51.2 Å². The molecule has 0 spiro atoms. The lowest BCUT2D eigenvalue weighted by atomic mass is 9.91. The van der Waals surface area contributed by atoms with Crippen molar-refractivity contribution in [2.24, 2.45) is 4.99 Å². The Hall–Kier alpha value is -3.27. The summed E-state index contributed by atoms with van der Waals surface area (Å²) in [6.07, 6.45) is 2.28. The standard InChI is InChI=1S/C24H26ClF3N4O3/c1-2-35-24(34)31-17-7-5-16(6-8-17)30-23(29-13-14-3-9-19(26)18(25)11-14)32-22(33)15-4-10-20(27)21(28)12-15/h3-4,9-12,16-17H,2,5-8,13H2,1H3,(H,31,34)(H2,29,30,32,33). The molecule has 1 saturated carbocycles. The van der Waals surface area contributed by atoms with Gasteiger partial charge in [0.15, 0.2) is 17.6 Å². The topological polar surface area (TPSA) is 91.8 Å². The molecular formula is C24H26ClF3N4O3. The zero-order valence-electron chi connectivity index (χ0n) is 19.0. The van der Waals surface area contributed by atoms with Gasteiger partial charge in [0.2, 0.25) is 0 Å². The molecular weight excluding hydrogens is 485 g/mol. The van der Waals surface area contributed by atoms with E-state index in [1.54, 1.807) is 6.92 Å². The quantitative estimate of drug-likeness (QED) is 0.388. The molecule has 3 N–H and O–H groups in total. The monoisotopic (exact) mass is 510 g/mol. The second-order valence-corrected chi connectivity index (χ2v) is 8.46. The lowest BCUT2D eigenvalue weighted by molar-refractivity contribution is 0.0974. The van der Waals surface area contributed by atoms with E-state index in [-0.39, 0.29) is 35.2 Å². The molecule has 1 aliphatic rings. The van der Waals surface area contributed by atoms with E-state index >= 15 is 0 Å². The Morgan fingerprint density at radius 2 is 1.63 bits per heavy atom. The first kappa shape index (κ1) is 26.3. The molecule has 1 aliphatic carbocycles. The van der Waals surface area contributed by atoms with Gasteiger partial charge in [-0.1, -0.05) is 17.7 Å². The summed E-state index contributed by atoms with van der Waals surface area (Å²) >= 11 is 5.83. The normalized spacial score (nSPS) is 18.0. The molecule has 0 radical (unpaired) electrons. The summed E-state index contributed by atoms with van der Waals surface area (Å²) in [6, 6.07) is 6.92. The van der Waals surface area contributed by atoms with Gasteiger partial charge in [0.1, 0.15) is 5.82 Å². The van der Waals surface area contributed by atoms with Crippen molar-refractivity contribution in [2.75, 3.05) is 6.61 Å². The zero-order valence-corrected chi connectivity index (χ0v) is 19.8. The van der Waals surface area contributed by atoms with Crippen LogP contribution in [0, 0.1) is 17.5 Å². The van der Waals surface area contributed by atoms with E-state index in [2.05, 4.69) is 20.9 Å². The second kappa shape index (κ2) is 12.4. The second-order valence-electron chi connectivity index (χ2n) is 8.05. The number of nitrogens with zero attached hydrogens (tertiary/aromatic N) is 1. The number of ether oxygens (including phenoxy) is 1. The average molecular weight is 511 g/mol. The van der Waals surface area contributed by atoms with E-state index in [1.165, 1.54) is 18.2 Å². The van der Waals surface area contributed by atoms with Crippen molar-refractivity contribution in [3.05, 3.63) is 70.0 Å². The first-order chi connectivity index (χ1) is 16.7. The van der Waals surface area contributed by atoms with Crippen LogP contribution in [-0.4, -0.2) is 36.7 Å². The molecule has 188 valence electrons. The Kier molecular flexibility index (Phi) is 9.36. The van der Waals surface area contributed by atoms with Crippen LogP contribution in [0.15, 0.2) is 41.4 Å². The summed E-state index contributed by atoms with van der Waals surface area (Å²) in [6.45, 7) is 2.11. The van der Waals surface area contributed by atoms with Crippen LogP contribution in [0.4, 0.5) is 18.0 Å². The molecule has 35 heavy (non-hydrogen) atoms. The molecule has 0 heterocycles. The Balaban J connectivity index is 1.68. The van der Waals surface area contributed by atoms with Crippen LogP contribution in [0.2, 0.25) is 5.02 Å². The van der Waals surface area contributed by atoms with E-state index in [0.29, 0.717) is 37.9 Å². The van der Waals surface area contributed by atoms with Gasteiger partial charge in [-0.25, -0.2) is 23.0 Å². The number of nitrogens with one attached hydrogen (secondary N) is 3. The fourth-order valence-electron chi connectivity index (χ4n) is 3.66. The summed E-state index contributed by atoms with van der Waals surface area (Å²) in [7, 11) is 0. The summed E-state index contributed by atoms with van der Waals surface area (Å²) in [5, 5.41) is 8.54. The molecule has 0 aromatic heterocycles. The molecule has 7 nitrogen and oxygen atoms in total. The van der Waals surface area contributed by atoms with Crippen molar-refractivity contribution < 1.29 is 27.5 Å². The third-order valence-corrected chi connectivity index (χ3v) is 5.77. The maximum atomic E-state index is 13.6. The summed E-state index contributed by atoms with van der Waals surface area (Å²) < 4.78 is 45.2. The van der Waals surface area contributed by atoms with E-state index in [0.717, 1.165) is 18.2 Å².